The molecule has 21 heavy (non-hydrogen) atoms. The van der Waals surface area contributed by atoms with Gasteiger partial charge in [0.15, 0.2) is 0 Å². The van der Waals surface area contributed by atoms with E-state index in [2.05, 4.69) is 9.82 Å². The SMILES string of the molecule is CC(C)C[C@H](NS(C)(=O)=O)C(=O)N(C)Cc1cnn(C)c1. The summed E-state index contributed by atoms with van der Waals surface area (Å²) >= 11 is 0. The highest BCUT2D eigenvalue weighted by Crippen LogP contribution is 2.10. The van der Waals surface area contributed by atoms with E-state index in [9.17, 15) is 13.2 Å². The van der Waals surface area contributed by atoms with Gasteiger partial charge >= 0.3 is 0 Å². The topological polar surface area (TPSA) is 84.3 Å². The third kappa shape index (κ3) is 6.26. The molecule has 1 aromatic rings. The number of nitrogens with one attached hydrogen (secondary N) is 1. The fraction of sp³-hybridized carbons (Fsp3) is 0.692. The molecule has 1 aromatic heterocycles. The van der Waals surface area contributed by atoms with Gasteiger partial charge < -0.3 is 4.90 Å². The summed E-state index contributed by atoms with van der Waals surface area (Å²) in [4.78, 5) is 14.0. The first-order chi connectivity index (χ1) is 9.58. The highest BCUT2D eigenvalue weighted by molar-refractivity contribution is 7.88. The van der Waals surface area contributed by atoms with Gasteiger partial charge in [-0.2, -0.15) is 5.10 Å². The predicted molar refractivity (Wildman–Crippen MR) is 80.9 cm³/mol. The summed E-state index contributed by atoms with van der Waals surface area (Å²) in [5.41, 5.74) is 0.899. The van der Waals surface area contributed by atoms with Gasteiger partial charge in [0.1, 0.15) is 6.04 Å². The monoisotopic (exact) mass is 316 g/mol. The van der Waals surface area contributed by atoms with Gasteiger partial charge in [-0.3, -0.25) is 9.48 Å². The van der Waals surface area contributed by atoms with E-state index in [1.807, 2.05) is 20.0 Å². The lowest BCUT2D eigenvalue weighted by Crippen LogP contribution is -2.47. The average Bonchev–Trinajstić information content (AvgIpc) is 2.70. The number of sulfonamides is 1. The van der Waals surface area contributed by atoms with Gasteiger partial charge in [-0.1, -0.05) is 13.8 Å². The zero-order chi connectivity index (χ0) is 16.2. The lowest BCUT2D eigenvalue weighted by Gasteiger charge is -2.24. The summed E-state index contributed by atoms with van der Waals surface area (Å²) in [5, 5.41) is 4.05. The average molecular weight is 316 g/mol. The fourth-order valence-corrected chi connectivity index (χ4v) is 2.81. The Kier molecular flexibility index (Phi) is 5.91. The van der Waals surface area contributed by atoms with E-state index in [-0.39, 0.29) is 11.8 Å². The van der Waals surface area contributed by atoms with Crippen LogP contribution in [-0.4, -0.2) is 48.4 Å². The molecule has 7 nitrogen and oxygen atoms in total. The molecule has 0 aliphatic heterocycles. The van der Waals surface area contributed by atoms with Crippen LogP contribution in [0.15, 0.2) is 12.4 Å². The second-order valence-electron chi connectivity index (χ2n) is 5.79. The second kappa shape index (κ2) is 7.04. The Hall–Kier alpha value is -1.41. The summed E-state index contributed by atoms with van der Waals surface area (Å²) in [7, 11) is 0.0328. The third-order valence-electron chi connectivity index (χ3n) is 2.92. The van der Waals surface area contributed by atoms with Crippen LogP contribution in [0.2, 0.25) is 0 Å². The first kappa shape index (κ1) is 17.6. The van der Waals surface area contributed by atoms with E-state index in [1.54, 1.807) is 25.0 Å². The maximum Gasteiger partial charge on any atom is 0.240 e. The molecule has 0 aliphatic rings. The summed E-state index contributed by atoms with van der Waals surface area (Å²) in [6, 6.07) is -0.735. The number of amides is 1. The molecule has 1 N–H and O–H groups in total. The van der Waals surface area contributed by atoms with Crippen LogP contribution in [0.5, 0.6) is 0 Å². The molecule has 8 heteroatoms. The Balaban J connectivity index is 2.78. The van der Waals surface area contributed by atoms with Gasteiger partial charge in [0, 0.05) is 32.4 Å². The van der Waals surface area contributed by atoms with Crippen LogP contribution < -0.4 is 4.72 Å². The molecule has 1 rings (SSSR count). The molecule has 1 heterocycles. The van der Waals surface area contributed by atoms with Crippen molar-refractivity contribution in [2.24, 2.45) is 13.0 Å². The Morgan fingerprint density at radius 3 is 2.52 bits per heavy atom. The zero-order valence-corrected chi connectivity index (χ0v) is 14.0. The molecule has 120 valence electrons. The molecule has 0 aromatic carbocycles. The first-order valence-electron chi connectivity index (χ1n) is 6.78. The molecule has 0 unspecified atom stereocenters. The molecular formula is C13H24N4O3S. The largest absolute Gasteiger partial charge is 0.340 e. The lowest BCUT2D eigenvalue weighted by molar-refractivity contribution is -0.132. The molecular weight excluding hydrogens is 292 g/mol. The normalized spacial score (nSPS) is 13.4. The maximum atomic E-state index is 12.4. The predicted octanol–water partition coefficient (Wildman–Crippen LogP) is 0.342. The molecule has 0 aliphatic carbocycles. The highest BCUT2D eigenvalue weighted by atomic mass is 32.2. The van der Waals surface area contributed by atoms with Crippen molar-refractivity contribution in [3.05, 3.63) is 18.0 Å². The molecule has 1 amide bonds. The van der Waals surface area contributed by atoms with Crippen LogP contribution in [0.4, 0.5) is 0 Å². The number of aryl methyl sites for hydroxylation is 1. The van der Waals surface area contributed by atoms with Gasteiger partial charge in [0.2, 0.25) is 15.9 Å². The fourth-order valence-electron chi connectivity index (χ4n) is 2.10. The molecule has 0 saturated heterocycles. The van der Waals surface area contributed by atoms with Gasteiger partial charge in [-0.25, -0.2) is 13.1 Å². The van der Waals surface area contributed by atoms with E-state index in [4.69, 9.17) is 0 Å². The van der Waals surface area contributed by atoms with Crippen LogP contribution in [0.25, 0.3) is 0 Å². The van der Waals surface area contributed by atoms with E-state index in [0.717, 1.165) is 11.8 Å². The van der Waals surface area contributed by atoms with Crippen molar-refractivity contribution >= 4 is 15.9 Å². The second-order valence-corrected chi connectivity index (χ2v) is 7.57. The molecule has 0 fully saturated rings. The van der Waals surface area contributed by atoms with Gasteiger partial charge in [0.25, 0.3) is 0 Å². The van der Waals surface area contributed by atoms with Crippen LogP contribution in [0.1, 0.15) is 25.8 Å². The van der Waals surface area contributed by atoms with Crippen molar-refractivity contribution in [1.82, 2.24) is 19.4 Å². The maximum absolute atomic E-state index is 12.4. The van der Waals surface area contributed by atoms with Gasteiger partial charge in [-0.15, -0.1) is 0 Å². The zero-order valence-electron chi connectivity index (χ0n) is 13.2. The first-order valence-corrected chi connectivity index (χ1v) is 8.67. The van der Waals surface area contributed by atoms with E-state index < -0.39 is 16.1 Å². The molecule has 0 bridgehead atoms. The number of rotatable bonds is 7. The van der Waals surface area contributed by atoms with Crippen molar-refractivity contribution < 1.29 is 13.2 Å². The summed E-state index contributed by atoms with van der Waals surface area (Å²) < 4.78 is 26.9. The highest BCUT2D eigenvalue weighted by Gasteiger charge is 2.26. The molecule has 0 saturated carbocycles. The summed E-state index contributed by atoms with van der Waals surface area (Å²) in [5.74, 6) is -0.0297. The third-order valence-corrected chi connectivity index (χ3v) is 3.63. The molecule has 0 spiro atoms. The van der Waals surface area contributed by atoms with Crippen LogP contribution >= 0.6 is 0 Å². The minimum Gasteiger partial charge on any atom is -0.340 e. The number of hydrogen-bond donors (Lipinski definition) is 1. The number of hydrogen-bond acceptors (Lipinski definition) is 4. The van der Waals surface area contributed by atoms with Crippen molar-refractivity contribution in [1.29, 1.82) is 0 Å². The quantitative estimate of drug-likeness (QED) is 0.786. The van der Waals surface area contributed by atoms with E-state index in [1.165, 1.54) is 4.90 Å². The smallest absolute Gasteiger partial charge is 0.240 e. The summed E-state index contributed by atoms with van der Waals surface area (Å²) in [6.07, 6.45) is 5.04. The Morgan fingerprint density at radius 2 is 2.10 bits per heavy atom. The number of carbonyl (C=O) groups excluding carboxylic acids is 1. The van der Waals surface area contributed by atoms with Crippen molar-refractivity contribution in [3.63, 3.8) is 0 Å². The van der Waals surface area contributed by atoms with E-state index >= 15 is 0 Å². The number of carbonyl (C=O) groups is 1. The number of nitrogens with zero attached hydrogens (tertiary/aromatic N) is 3. The Morgan fingerprint density at radius 1 is 1.48 bits per heavy atom. The van der Waals surface area contributed by atoms with Crippen LogP contribution in [0, 0.1) is 5.92 Å². The van der Waals surface area contributed by atoms with Crippen molar-refractivity contribution in [2.45, 2.75) is 32.9 Å². The minimum absolute atomic E-state index is 0.208. The molecule has 1 atom stereocenters. The Labute approximate surface area is 126 Å². The lowest BCUT2D eigenvalue weighted by atomic mass is 10.0. The number of aromatic nitrogens is 2. The van der Waals surface area contributed by atoms with Gasteiger partial charge in [-0.05, 0) is 12.3 Å². The van der Waals surface area contributed by atoms with Crippen molar-refractivity contribution in [2.75, 3.05) is 13.3 Å². The van der Waals surface area contributed by atoms with Crippen molar-refractivity contribution in [3.8, 4) is 0 Å². The van der Waals surface area contributed by atoms with Crippen LogP contribution in [0.3, 0.4) is 0 Å². The van der Waals surface area contributed by atoms with Crippen LogP contribution in [-0.2, 0) is 28.4 Å². The number of likely N-dealkylation sites (N-methyl/N-ethyl adjacent to an activating group) is 1. The summed E-state index contributed by atoms with van der Waals surface area (Å²) in [6.45, 7) is 4.30. The molecule has 0 radical (unpaired) electrons. The standard InChI is InChI=1S/C13H24N4O3S/c1-10(2)6-12(15-21(5,19)20)13(18)16(3)8-11-7-14-17(4)9-11/h7,9-10,12,15H,6,8H2,1-5H3/t12-/m0/s1. The minimum atomic E-state index is -3.43. The van der Waals surface area contributed by atoms with Gasteiger partial charge in [0.05, 0.1) is 12.5 Å². The Bertz CT molecular complexity index is 580. The van der Waals surface area contributed by atoms with E-state index in [0.29, 0.717) is 13.0 Å².